The SMILES string of the molecule is Cc1cccc(OC(C)C(=O)Nc2ccc(C(=O)NCC(N)=O)cc2)c1. The molecule has 0 aliphatic rings. The molecule has 136 valence electrons. The molecule has 1 unspecified atom stereocenters. The zero-order chi connectivity index (χ0) is 19.1. The van der Waals surface area contributed by atoms with E-state index in [-0.39, 0.29) is 12.5 Å². The number of nitrogens with two attached hydrogens (primary N) is 1. The lowest BCUT2D eigenvalue weighted by molar-refractivity contribution is -0.122. The van der Waals surface area contributed by atoms with Crippen LogP contribution >= 0.6 is 0 Å². The second kappa shape index (κ2) is 8.66. The van der Waals surface area contributed by atoms with Crippen LogP contribution in [0, 0.1) is 6.92 Å². The highest BCUT2D eigenvalue weighted by molar-refractivity contribution is 5.98. The van der Waals surface area contributed by atoms with Gasteiger partial charge in [-0.25, -0.2) is 0 Å². The average molecular weight is 355 g/mol. The number of primary amides is 1. The van der Waals surface area contributed by atoms with Gasteiger partial charge < -0.3 is 21.1 Å². The van der Waals surface area contributed by atoms with E-state index in [4.69, 9.17) is 10.5 Å². The molecule has 0 fully saturated rings. The van der Waals surface area contributed by atoms with Crippen molar-refractivity contribution in [1.29, 1.82) is 0 Å². The predicted molar refractivity (Wildman–Crippen MR) is 97.9 cm³/mol. The summed E-state index contributed by atoms with van der Waals surface area (Å²) in [7, 11) is 0. The number of hydrogen-bond donors (Lipinski definition) is 3. The van der Waals surface area contributed by atoms with Crippen molar-refractivity contribution in [1.82, 2.24) is 5.32 Å². The molecule has 0 saturated heterocycles. The molecule has 0 saturated carbocycles. The van der Waals surface area contributed by atoms with Gasteiger partial charge in [0.05, 0.1) is 6.54 Å². The molecule has 7 heteroatoms. The fourth-order valence-corrected chi connectivity index (χ4v) is 2.16. The quantitative estimate of drug-likeness (QED) is 0.701. The van der Waals surface area contributed by atoms with Gasteiger partial charge in [0, 0.05) is 11.3 Å². The molecule has 0 aliphatic carbocycles. The van der Waals surface area contributed by atoms with Gasteiger partial charge in [0.1, 0.15) is 5.75 Å². The highest BCUT2D eigenvalue weighted by Gasteiger charge is 2.15. The normalized spacial score (nSPS) is 11.3. The lowest BCUT2D eigenvalue weighted by Gasteiger charge is -2.15. The summed E-state index contributed by atoms with van der Waals surface area (Å²) in [6.07, 6.45) is -0.685. The Balaban J connectivity index is 1.92. The summed E-state index contributed by atoms with van der Waals surface area (Å²) in [6, 6.07) is 13.7. The van der Waals surface area contributed by atoms with Crippen molar-refractivity contribution in [3.63, 3.8) is 0 Å². The number of nitrogens with one attached hydrogen (secondary N) is 2. The van der Waals surface area contributed by atoms with Crippen molar-refractivity contribution in [2.24, 2.45) is 5.73 Å². The molecule has 0 bridgehead atoms. The van der Waals surface area contributed by atoms with Crippen LogP contribution in [-0.4, -0.2) is 30.4 Å². The van der Waals surface area contributed by atoms with Crippen molar-refractivity contribution in [3.8, 4) is 5.75 Å². The minimum Gasteiger partial charge on any atom is -0.481 e. The van der Waals surface area contributed by atoms with E-state index in [1.165, 1.54) is 12.1 Å². The molecule has 0 heterocycles. The fraction of sp³-hybridized carbons (Fsp3) is 0.211. The van der Waals surface area contributed by atoms with E-state index in [2.05, 4.69) is 10.6 Å². The standard InChI is InChI=1S/C19H21N3O4/c1-12-4-3-5-16(10-12)26-13(2)18(24)22-15-8-6-14(7-9-15)19(25)21-11-17(20)23/h3-10,13H,11H2,1-2H3,(H2,20,23)(H,21,25)(H,22,24). The van der Waals surface area contributed by atoms with Crippen LogP contribution in [0.5, 0.6) is 5.75 Å². The number of hydrogen-bond acceptors (Lipinski definition) is 4. The monoisotopic (exact) mass is 355 g/mol. The number of aryl methyl sites for hydroxylation is 1. The first-order chi connectivity index (χ1) is 12.3. The molecule has 4 N–H and O–H groups in total. The van der Waals surface area contributed by atoms with Crippen LogP contribution in [0.25, 0.3) is 0 Å². The third-order valence-corrected chi connectivity index (χ3v) is 3.51. The molecule has 2 aromatic carbocycles. The molecular formula is C19H21N3O4. The average Bonchev–Trinajstić information content (AvgIpc) is 2.60. The molecule has 0 radical (unpaired) electrons. The van der Waals surface area contributed by atoms with Gasteiger partial charge in [-0.05, 0) is 55.8 Å². The summed E-state index contributed by atoms with van der Waals surface area (Å²) in [5.41, 5.74) is 6.90. The van der Waals surface area contributed by atoms with Gasteiger partial charge in [0.25, 0.3) is 11.8 Å². The number of ether oxygens (including phenoxy) is 1. The molecule has 3 amide bonds. The Morgan fingerprint density at radius 3 is 2.42 bits per heavy atom. The van der Waals surface area contributed by atoms with Crippen LogP contribution < -0.4 is 21.1 Å². The van der Waals surface area contributed by atoms with E-state index in [0.29, 0.717) is 17.0 Å². The second-order valence-corrected chi connectivity index (χ2v) is 5.79. The van der Waals surface area contributed by atoms with E-state index < -0.39 is 17.9 Å². The van der Waals surface area contributed by atoms with Crippen LogP contribution in [-0.2, 0) is 9.59 Å². The topological polar surface area (TPSA) is 111 Å². The molecule has 1 atom stereocenters. The minimum atomic E-state index is -0.685. The summed E-state index contributed by atoms with van der Waals surface area (Å²) in [6.45, 7) is 3.37. The van der Waals surface area contributed by atoms with Gasteiger partial charge in [0.15, 0.2) is 6.10 Å². The molecule has 0 aliphatic heterocycles. The van der Waals surface area contributed by atoms with E-state index in [9.17, 15) is 14.4 Å². The highest BCUT2D eigenvalue weighted by atomic mass is 16.5. The Morgan fingerprint density at radius 2 is 1.81 bits per heavy atom. The Kier molecular flexibility index (Phi) is 6.32. The first kappa shape index (κ1) is 19.0. The number of benzene rings is 2. The number of amides is 3. The van der Waals surface area contributed by atoms with Crippen LogP contribution in [0.3, 0.4) is 0 Å². The third-order valence-electron chi connectivity index (χ3n) is 3.51. The summed E-state index contributed by atoms with van der Waals surface area (Å²) in [4.78, 5) is 34.7. The Morgan fingerprint density at radius 1 is 1.12 bits per heavy atom. The van der Waals surface area contributed by atoms with Crippen LogP contribution in [0.4, 0.5) is 5.69 Å². The molecule has 0 aromatic heterocycles. The summed E-state index contributed by atoms with van der Waals surface area (Å²) < 4.78 is 5.63. The predicted octanol–water partition coefficient (Wildman–Crippen LogP) is 1.62. The molecule has 2 aromatic rings. The van der Waals surface area contributed by atoms with Gasteiger partial charge in [-0.15, -0.1) is 0 Å². The van der Waals surface area contributed by atoms with Crippen LogP contribution in [0.1, 0.15) is 22.8 Å². The second-order valence-electron chi connectivity index (χ2n) is 5.79. The van der Waals surface area contributed by atoms with Gasteiger partial charge in [-0.2, -0.15) is 0 Å². The number of carbonyl (C=O) groups is 3. The van der Waals surface area contributed by atoms with Gasteiger partial charge in [-0.1, -0.05) is 12.1 Å². The maximum atomic E-state index is 12.2. The zero-order valence-corrected chi connectivity index (χ0v) is 14.6. The van der Waals surface area contributed by atoms with Crippen LogP contribution in [0.15, 0.2) is 48.5 Å². The summed E-state index contributed by atoms with van der Waals surface area (Å²) in [5, 5.41) is 5.11. The van der Waals surface area contributed by atoms with Crippen molar-refractivity contribution in [2.45, 2.75) is 20.0 Å². The molecule has 0 spiro atoms. The van der Waals surface area contributed by atoms with E-state index >= 15 is 0 Å². The lowest BCUT2D eigenvalue weighted by Crippen LogP contribution is -2.33. The summed E-state index contributed by atoms with van der Waals surface area (Å²) >= 11 is 0. The van der Waals surface area contributed by atoms with Crippen molar-refractivity contribution in [3.05, 3.63) is 59.7 Å². The minimum absolute atomic E-state index is 0.231. The molecule has 26 heavy (non-hydrogen) atoms. The molecular weight excluding hydrogens is 334 g/mol. The largest absolute Gasteiger partial charge is 0.481 e. The lowest BCUT2D eigenvalue weighted by atomic mass is 10.2. The zero-order valence-electron chi connectivity index (χ0n) is 14.6. The fourth-order valence-electron chi connectivity index (χ4n) is 2.16. The van der Waals surface area contributed by atoms with Gasteiger partial charge in [0.2, 0.25) is 5.91 Å². The number of carbonyl (C=O) groups excluding carboxylic acids is 3. The number of rotatable bonds is 7. The van der Waals surface area contributed by atoms with Gasteiger partial charge in [-0.3, -0.25) is 14.4 Å². The van der Waals surface area contributed by atoms with E-state index in [0.717, 1.165) is 5.56 Å². The van der Waals surface area contributed by atoms with E-state index in [1.54, 1.807) is 25.1 Å². The van der Waals surface area contributed by atoms with Crippen LogP contribution in [0.2, 0.25) is 0 Å². The Hall–Kier alpha value is -3.35. The Labute approximate surface area is 151 Å². The van der Waals surface area contributed by atoms with Gasteiger partial charge >= 0.3 is 0 Å². The van der Waals surface area contributed by atoms with Crippen molar-refractivity contribution < 1.29 is 19.1 Å². The maximum Gasteiger partial charge on any atom is 0.265 e. The molecule has 7 nitrogen and oxygen atoms in total. The number of anilines is 1. The Bertz CT molecular complexity index is 803. The highest BCUT2D eigenvalue weighted by Crippen LogP contribution is 2.15. The summed E-state index contributed by atoms with van der Waals surface area (Å²) in [5.74, 6) is -0.728. The third kappa shape index (κ3) is 5.62. The first-order valence-electron chi connectivity index (χ1n) is 8.06. The first-order valence-corrected chi connectivity index (χ1v) is 8.06. The smallest absolute Gasteiger partial charge is 0.265 e. The van der Waals surface area contributed by atoms with E-state index in [1.807, 2.05) is 25.1 Å². The molecule has 2 rings (SSSR count). The van der Waals surface area contributed by atoms with Crippen molar-refractivity contribution >= 4 is 23.4 Å². The maximum absolute atomic E-state index is 12.2. The van der Waals surface area contributed by atoms with Crippen molar-refractivity contribution in [2.75, 3.05) is 11.9 Å².